The minimum Gasteiger partial charge on any atom is -0.496 e. The third kappa shape index (κ3) is 2.25. The van der Waals surface area contributed by atoms with Crippen molar-refractivity contribution in [1.82, 2.24) is 0 Å². The number of methoxy groups -OCH3 is 1. The second kappa shape index (κ2) is 5.00. The molecule has 0 aliphatic carbocycles. The van der Waals surface area contributed by atoms with Gasteiger partial charge in [-0.3, -0.25) is 4.79 Å². The zero-order valence-corrected chi connectivity index (χ0v) is 10.2. The fourth-order valence-corrected chi connectivity index (χ4v) is 1.85. The first-order valence-corrected chi connectivity index (χ1v) is 5.55. The van der Waals surface area contributed by atoms with Crippen molar-refractivity contribution in [2.24, 2.45) is 0 Å². The molecule has 18 heavy (non-hydrogen) atoms. The summed E-state index contributed by atoms with van der Waals surface area (Å²) in [6.07, 6.45) is 0.704. The van der Waals surface area contributed by atoms with Crippen molar-refractivity contribution < 1.29 is 13.9 Å². The summed E-state index contributed by atoms with van der Waals surface area (Å²) in [4.78, 5) is 10.9. The van der Waals surface area contributed by atoms with Crippen LogP contribution in [0, 0.1) is 12.7 Å². The van der Waals surface area contributed by atoms with Crippen LogP contribution in [0.5, 0.6) is 5.75 Å². The molecular formula is C15H13FO2. The van der Waals surface area contributed by atoms with Gasteiger partial charge in [-0.15, -0.1) is 0 Å². The highest BCUT2D eigenvalue weighted by molar-refractivity contribution is 5.83. The van der Waals surface area contributed by atoms with Crippen LogP contribution in [0.15, 0.2) is 36.4 Å². The molecule has 3 heteroatoms. The molecule has 0 bridgehead atoms. The van der Waals surface area contributed by atoms with Crippen LogP contribution in [0.25, 0.3) is 11.1 Å². The van der Waals surface area contributed by atoms with Gasteiger partial charge in [0.25, 0.3) is 0 Å². The van der Waals surface area contributed by atoms with Crippen LogP contribution in [0.2, 0.25) is 0 Å². The standard InChI is InChI=1S/C15H13FO2/c1-10-3-5-14(16)13(7-10)11-4-6-15(18-2)12(8-11)9-17/h3-9H,1-2H3. The minimum absolute atomic E-state index is 0.303. The minimum atomic E-state index is -0.303. The lowest BCUT2D eigenvalue weighted by molar-refractivity contribution is 0.112. The van der Waals surface area contributed by atoms with Gasteiger partial charge in [-0.1, -0.05) is 17.7 Å². The van der Waals surface area contributed by atoms with Crippen molar-refractivity contribution in [3.05, 3.63) is 53.3 Å². The highest BCUT2D eigenvalue weighted by atomic mass is 19.1. The zero-order chi connectivity index (χ0) is 13.1. The summed E-state index contributed by atoms with van der Waals surface area (Å²) in [5.74, 6) is 0.185. The van der Waals surface area contributed by atoms with Crippen LogP contribution in [0.3, 0.4) is 0 Å². The molecule has 0 radical (unpaired) electrons. The van der Waals surface area contributed by atoms with Crippen LogP contribution in [0.1, 0.15) is 15.9 Å². The topological polar surface area (TPSA) is 26.3 Å². The lowest BCUT2D eigenvalue weighted by Gasteiger charge is -2.08. The molecule has 92 valence electrons. The Morgan fingerprint density at radius 1 is 1.17 bits per heavy atom. The average molecular weight is 244 g/mol. The molecule has 0 aliphatic heterocycles. The summed E-state index contributed by atoms with van der Waals surface area (Å²) in [5, 5.41) is 0. The lowest BCUT2D eigenvalue weighted by Crippen LogP contribution is -1.92. The summed E-state index contributed by atoms with van der Waals surface area (Å²) in [7, 11) is 1.50. The summed E-state index contributed by atoms with van der Waals surface area (Å²) >= 11 is 0. The first-order valence-electron chi connectivity index (χ1n) is 5.55. The number of hydrogen-bond donors (Lipinski definition) is 0. The van der Waals surface area contributed by atoms with Gasteiger partial charge in [-0.05, 0) is 36.8 Å². The van der Waals surface area contributed by atoms with Gasteiger partial charge in [0.2, 0.25) is 0 Å². The summed E-state index contributed by atoms with van der Waals surface area (Å²) in [6.45, 7) is 1.90. The quantitative estimate of drug-likeness (QED) is 0.771. The van der Waals surface area contributed by atoms with E-state index in [1.54, 1.807) is 30.3 Å². The fraction of sp³-hybridized carbons (Fsp3) is 0.133. The SMILES string of the molecule is COc1ccc(-c2cc(C)ccc2F)cc1C=O. The molecule has 0 saturated carbocycles. The number of hydrogen-bond acceptors (Lipinski definition) is 2. The second-order valence-electron chi connectivity index (χ2n) is 4.06. The molecule has 2 aromatic carbocycles. The van der Waals surface area contributed by atoms with E-state index in [0.29, 0.717) is 28.7 Å². The lowest BCUT2D eigenvalue weighted by atomic mass is 10.0. The van der Waals surface area contributed by atoms with Crippen molar-refractivity contribution in [2.45, 2.75) is 6.92 Å². The molecule has 2 aromatic rings. The predicted molar refractivity (Wildman–Crippen MR) is 68.5 cm³/mol. The van der Waals surface area contributed by atoms with Crippen molar-refractivity contribution in [1.29, 1.82) is 0 Å². The van der Waals surface area contributed by atoms with Crippen LogP contribution >= 0.6 is 0 Å². The van der Waals surface area contributed by atoms with E-state index in [9.17, 15) is 9.18 Å². The first-order chi connectivity index (χ1) is 8.65. The van der Waals surface area contributed by atoms with Crippen molar-refractivity contribution in [3.8, 4) is 16.9 Å². The second-order valence-corrected chi connectivity index (χ2v) is 4.06. The molecule has 0 atom stereocenters. The summed E-state index contributed by atoms with van der Waals surface area (Å²) < 4.78 is 18.8. The normalized spacial score (nSPS) is 10.2. The van der Waals surface area contributed by atoms with E-state index >= 15 is 0 Å². The Kier molecular flexibility index (Phi) is 3.42. The molecular weight excluding hydrogens is 231 g/mol. The van der Waals surface area contributed by atoms with Crippen molar-refractivity contribution in [3.63, 3.8) is 0 Å². The Morgan fingerprint density at radius 2 is 1.94 bits per heavy atom. The first kappa shape index (κ1) is 12.3. The Bertz CT molecular complexity index is 591. The van der Waals surface area contributed by atoms with Gasteiger partial charge in [0, 0.05) is 5.56 Å². The smallest absolute Gasteiger partial charge is 0.153 e. The molecule has 0 aromatic heterocycles. The molecule has 0 aliphatic rings. The maximum absolute atomic E-state index is 13.8. The van der Waals surface area contributed by atoms with Gasteiger partial charge in [0.05, 0.1) is 12.7 Å². The van der Waals surface area contributed by atoms with Crippen LogP contribution in [0.4, 0.5) is 4.39 Å². The van der Waals surface area contributed by atoms with E-state index in [2.05, 4.69) is 0 Å². The number of carbonyl (C=O) groups is 1. The molecule has 0 heterocycles. The largest absolute Gasteiger partial charge is 0.496 e. The number of ether oxygens (including phenoxy) is 1. The predicted octanol–water partition coefficient (Wildman–Crippen LogP) is 3.62. The number of carbonyl (C=O) groups excluding carboxylic acids is 1. The molecule has 0 spiro atoms. The Labute approximate surface area is 105 Å². The third-order valence-electron chi connectivity index (χ3n) is 2.79. The molecule has 0 saturated heterocycles. The van der Waals surface area contributed by atoms with Crippen LogP contribution in [-0.2, 0) is 0 Å². The maximum atomic E-state index is 13.8. The molecule has 0 N–H and O–H groups in total. The molecule has 0 unspecified atom stereocenters. The third-order valence-corrected chi connectivity index (χ3v) is 2.79. The highest BCUT2D eigenvalue weighted by Crippen LogP contribution is 2.28. The molecule has 0 fully saturated rings. The number of aryl methyl sites for hydroxylation is 1. The van der Waals surface area contributed by atoms with E-state index in [1.807, 2.05) is 6.92 Å². The molecule has 2 nitrogen and oxygen atoms in total. The van der Waals surface area contributed by atoms with Crippen LogP contribution in [-0.4, -0.2) is 13.4 Å². The summed E-state index contributed by atoms with van der Waals surface area (Å²) in [5.41, 5.74) is 2.53. The Morgan fingerprint density at radius 3 is 2.61 bits per heavy atom. The monoisotopic (exact) mass is 244 g/mol. The van der Waals surface area contributed by atoms with E-state index in [0.717, 1.165) is 5.56 Å². The molecule has 2 rings (SSSR count). The average Bonchev–Trinajstić information content (AvgIpc) is 2.40. The van der Waals surface area contributed by atoms with Gasteiger partial charge in [-0.25, -0.2) is 4.39 Å². The van der Waals surface area contributed by atoms with E-state index in [1.165, 1.54) is 13.2 Å². The molecule has 0 amide bonds. The Balaban J connectivity index is 2.57. The van der Waals surface area contributed by atoms with Gasteiger partial charge in [0.1, 0.15) is 11.6 Å². The number of aldehydes is 1. The number of rotatable bonds is 3. The van der Waals surface area contributed by atoms with E-state index < -0.39 is 0 Å². The number of benzene rings is 2. The maximum Gasteiger partial charge on any atom is 0.153 e. The fourth-order valence-electron chi connectivity index (χ4n) is 1.85. The van der Waals surface area contributed by atoms with Gasteiger partial charge in [0.15, 0.2) is 6.29 Å². The van der Waals surface area contributed by atoms with Gasteiger partial charge in [-0.2, -0.15) is 0 Å². The van der Waals surface area contributed by atoms with Gasteiger partial charge >= 0.3 is 0 Å². The highest BCUT2D eigenvalue weighted by Gasteiger charge is 2.09. The van der Waals surface area contributed by atoms with Crippen LogP contribution < -0.4 is 4.74 Å². The van der Waals surface area contributed by atoms with E-state index in [4.69, 9.17) is 4.74 Å². The van der Waals surface area contributed by atoms with Crippen molar-refractivity contribution >= 4 is 6.29 Å². The van der Waals surface area contributed by atoms with Gasteiger partial charge < -0.3 is 4.74 Å². The Hall–Kier alpha value is -2.16. The van der Waals surface area contributed by atoms with Crippen molar-refractivity contribution in [2.75, 3.05) is 7.11 Å². The number of halogens is 1. The summed E-state index contributed by atoms with van der Waals surface area (Å²) in [6, 6.07) is 9.93. The van der Waals surface area contributed by atoms with E-state index in [-0.39, 0.29) is 5.82 Å². The zero-order valence-electron chi connectivity index (χ0n) is 10.2.